The summed E-state index contributed by atoms with van der Waals surface area (Å²) in [6, 6.07) is 16.9. The van der Waals surface area contributed by atoms with Gasteiger partial charge in [0.2, 0.25) is 0 Å². The van der Waals surface area contributed by atoms with Crippen molar-refractivity contribution < 1.29 is 17.9 Å². The van der Waals surface area contributed by atoms with Crippen LogP contribution in [0.3, 0.4) is 0 Å². The first-order chi connectivity index (χ1) is 19.2. The van der Waals surface area contributed by atoms with Crippen molar-refractivity contribution in [3.63, 3.8) is 0 Å². The van der Waals surface area contributed by atoms with Gasteiger partial charge in [-0.15, -0.1) is 12.4 Å². The molecule has 0 atom stereocenters. The van der Waals surface area contributed by atoms with E-state index in [4.69, 9.17) is 21.3 Å². The van der Waals surface area contributed by atoms with Gasteiger partial charge in [0, 0.05) is 42.5 Å². The zero-order valence-electron chi connectivity index (χ0n) is 22.8. The number of hydrogen-bond donors (Lipinski definition) is 1. The van der Waals surface area contributed by atoms with E-state index >= 15 is 0 Å². The lowest BCUT2D eigenvalue weighted by atomic mass is 10.2. The first kappa shape index (κ1) is 31.2. The molecule has 1 fully saturated rings. The van der Waals surface area contributed by atoms with Crippen LogP contribution in [0.4, 0.5) is 10.8 Å². The highest BCUT2D eigenvalue weighted by Crippen LogP contribution is 2.34. The molecular weight excluding hydrogens is 603 g/mol. The monoisotopic (exact) mass is 634 g/mol. The molecule has 0 spiro atoms. The van der Waals surface area contributed by atoms with E-state index in [2.05, 4.69) is 9.62 Å². The molecule has 0 saturated carbocycles. The number of fused-ring (bicyclic) bond motifs is 1. The topological polar surface area (TPSA) is 91.8 Å². The molecule has 5 rings (SSSR count). The number of carbonyl (C=O) groups is 1. The predicted octanol–water partition coefficient (Wildman–Crippen LogP) is 6.16. The van der Waals surface area contributed by atoms with Crippen molar-refractivity contribution in [2.75, 3.05) is 49.0 Å². The minimum Gasteiger partial charge on any atom is -0.379 e. The number of aryl methyl sites for hydroxylation is 2. The molecule has 1 amide bonds. The van der Waals surface area contributed by atoms with Gasteiger partial charge in [0.05, 0.1) is 28.3 Å². The van der Waals surface area contributed by atoms with E-state index in [1.54, 1.807) is 53.4 Å². The fourth-order valence-corrected chi connectivity index (χ4v) is 7.09. The minimum atomic E-state index is -3.75. The van der Waals surface area contributed by atoms with Crippen molar-refractivity contribution in [1.29, 1.82) is 0 Å². The number of morpholine rings is 1. The van der Waals surface area contributed by atoms with Gasteiger partial charge in [0.15, 0.2) is 5.13 Å². The van der Waals surface area contributed by atoms with Crippen LogP contribution in [0, 0.1) is 13.8 Å². The summed E-state index contributed by atoms with van der Waals surface area (Å²) in [5.41, 5.74) is 3.58. The molecule has 0 aliphatic carbocycles. The highest BCUT2D eigenvalue weighted by Gasteiger charge is 2.23. The molecule has 3 aromatic carbocycles. The third kappa shape index (κ3) is 7.57. The van der Waals surface area contributed by atoms with Gasteiger partial charge in [-0.25, -0.2) is 13.4 Å². The van der Waals surface area contributed by atoms with Crippen molar-refractivity contribution >= 4 is 72.3 Å². The van der Waals surface area contributed by atoms with Crippen LogP contribution in [0.1, 0.15) is 27.9 Å². The van der Waals surface area contributed by atoms with E-state index in [1.165, 1.54) is 11.3 Å². The standard InChI is InChI=1S/C29H31ClN4O4S2.ClH/c1-20-4-10-25(11-5-20)40(36,37)32-24-8-6-22(7-9-24)28(35)34(13-3-12-33-14-16-38-17-15-33)29-31-27-21(2)18-23(30)19-26(27)39-29;/h4-11,18-19,32H,3,12-17H2,1-2H3;1H. The number of amides is 1. The lowest BCUT2D eigenvalue weighted by molar-refractivity contribution is 0.0376. The lowest BCUT2D eigenvalue weighted by Crippen LogP contribution is -2.39. The van der Waals surface area contributed by atoms with Gasteiger partial charge in [-0.1, -0.05) is 40.6 Å². The highest BCUT2D eigenvalue weighted by atomic mass is 35.5. The Labute approximate surface area is 255 Å². The number of benzene rings is 3. The van der Waals surface area contributed by atoms with Gasteiger partial charge in [0.25, 0.3) is 15.9 Å². The molecule has 1 aliphatic rings. The second-order valence-corrected chi connectivity index (χ2v) is 13.0. The largest absolute Gasteiger partial charge is 0.379 e. The Morgan fingerprint density at radius 1 is 1.07 bits per heavy atom. The van der Waals surface area contributed by atoms with Crippen molar-refractivity contribution in [3.8, 4) is 0 Å². The SMILES string of the molecule is Cc1ccc(S(=O)(=O)Nc2ccc(C(=O)N(CCCN3CCOCC3)c3nc4c(C)cc(Cl)cc4s3)cc2)cc1.Cl. The Bertz CT molecular complexity index is 1600. The van der Waals surface area contributed by atoms with Gasteiger partial charge in [-0.05, 0) is 74.4 Å². The molecule has 0 bridgehead atoms. The number of aromatic nitrogens is 1. The molecule has 218 valence electrons. The molecule has 12 heteroatoms. The van der Waals surface area contributed by atoms with Crippen LogP contribution >= 0.6 is 35.3 Å². The molecule has 0 unspecified atom stereocenters. The molecule has 1 N–H and O–H groups in total. The number of anilines is 2. The van der Waals surface area contributed by atoms with E-state index < -0.39 is 10.0 Å². The molecule has 41 heavy (non-hydrogen) atoms. The summed E-state index contributed by atoms with van der Waals surface area (Å²) in [6.07, 6.45) is 0.774. The van der Waals surface area contributed by atoms with Crippen LogP contribution in [0.25, 0.3) is 10.2 Å². The lowest BCUT2D eigenvalue weighted by Gasteiger charge is -2.27. The fraction of sp³-hybridized carbons (Fsp3) is 0.310. The van der Waals surface area contributed by atoms with E-state index in [0.717, 1.165) is 60.6 Å². The Kier molecular flexibility index (Phi) is 10.3. The second-order valence-electron chi connectivity index (χ2n) is 9.83. The first-order valence-electron chi connectivity index (χ1n) is 13.1. The molecule has 1 aliphatic heterocycles. The number of thiazole rings is 1. The van der Waals surface area contributed by atoms with Crippen molar-refractivity contribution in [3.05, 3.63) is 82.4 Å². The van der Waals surface area contributed by atoms with Crippen LogP contribution in [0.5, 0.6) is 0 Å². The van der Waals surface area contributed by atoms with E-state index in [0.29, 0.717) is 27.9 Å². The molecule has 1 aromatic heterocycles. The quantitative estimate of drug-likeness (QED) is 0.237. The summed E-state index contributed by atoms with van der Waals surface area (Å²) in [4.78, 5) is 22.8. The Morgan fingerprint density at radius 3 is 2.44 bits per heavy atom. The summed E-state index contributed by atoms with van der Waals surface area (Å²) in [6.45, 7) is 8.41. The summed E-state index contributed by atoms with van der Waals surface area (Å²) < 4.78 is 34.6. The third-order valence-electron chi connectivity index (χ3n) is 6.79. The zero-order chi connectivity index (χ0) is 28.3. The maximum Gasteiger partial charge on any atom is 0.261 e. The van der Waals surface area contributed by atoms with Gasteiger partial charge < -0.3 is 4.74 Å². The molecule has 1 saturated heterocycles. The van der Waals surface area contributed by atoms with Crippen LogP contribution in [0.2, 0.25) is 5.02 Å². The second kappa shape index (κ2) is 13.5. The van der Waals surface area contributed by atoms with Crippen molar-refractivity contribution in [2.24, 2.45) is 0 Å². The maximum absolute atomic E-state index is 13.8. The number of sulfonamides is 1. The van der Waals surface area contributed by atoms with Crippen LogP contribution in [-0.4, -0.2) is 63.6 Å². The number of carbonyl (C=O) groups excluding carboxylic acids is 1. The Hall–Kier alpha value is -2.73. The number of hydrogen-bond acceptors (Lipinski definition) is 7. The number of nitrogens with zero attached hydrogens (tertiary/aromatic N) is 3. The van der Waals surface area contributed by atoms with Crippen LogP contribution < -0.4 is 9.62 Å². The van der Waals surface area contributed by atoms with Gasteiger partial charge in [-0.3, -0.25) is 19.3 Å². The number of nitrogens with one attached hydrogen (secondary N) is 1. The summed E-state index contributed by atoms with van der Waals surface area (Å²) in [7, 11) is -3.75. The first-order valence-corrected chi connectivity index (χ1v) is 15.8. The minimum absolute atomic E-state index is 0. The molecule has 8 nitrogen and oxygen atoms in total. The summed E-state index contributed by atoms with van der Waals surface area (Å²) >= 11 is 7.72. The van der Waals surface area contributed by atoms with E-state index in [-0.39, 0.29) is 23.2 Å². The van der Waals surface area contributed by atoms with E-state index in [1.807, 2.05) is 26.0 Å². The molecular formula is C29H32Cl2N4O4S2. The van der Waals surface area contributed by atoms with Crippen LogP contribution in [0.15, 0.2) is 65.6 Å². The third-order valence-corrected chi connectivity index (χ3v) is 9.43. The Morgan fingerprint density at radius 2 is 1.76 bits per heavy atom. The smallest absolute Gasteiger partial charge is 0.261 e. The normalized spacial score (nSPS) is 14.0. The molecule has 2 heterocycles. The Balaban J connectivity index is 0.00000387. The average molecular weight is 636 g/mol. The number of rotatable bonds is 9. The summed E-state index contributed by atoms with van der Waals surface area (Å²) in [5.74, 6) is -0.197. The average Bonchev–Trinajstić information content (AvgIpc) is 3.36. The zero-order valence-corrected chi connectivity index (χ0v) is 26.0. The van der Waals surface area contributed by atoms with Crippen LogP contribution in [-0.2, 0) is 14.8 Å². The van der Waals surface area contributed by atoms with E-state index in [9.17, 15) is 13.2 Å². The van der Waals surface area contributed by atoms with Gasteiger partial charge >= 0.3 is 0 Å². The fourth-order valence-electron chi connectivity index (χ4n) is 4.59. The van der Waals surface area contributed by atoms with Gasteiger partial charge in [-0.2, -0.15) is 0 Å². The van der Waals surface area contributed by atoms with Crippen molar-refractivity contribution in [1.82, 2.24) is 9.88 Å². The highest BCUT2D eigenvalue weighted by molar-refractivity contribution is 7.92. The van der Waals surface area contributed by atoms with Crippen molar-refractivity contribution in [2.45, 2.75) is 25.2 Å². The van der Waals surface area contributed by atoms with Gasteiger partial charge in [0.1, 0.15) is 0 Å². The molecule has 4 aromatic rings. The predicted molar refractivity (Wildman–Crippen MR) is 169 cm³/mol. The molecule has 0 radical (unpaired) electrons. The number of ether oxygens (including phenoxy) is 1. The number of halogens is 2. The maximum atomic E-state index is 13.8. The summed E-state index contributed by atoms with van der Waals surface area (Å²) in [5, 5.41) is 1.24.